The highest BCUT2D eigenvalue weighted by Gasteiger charge is 2.26. The summed E-state index contributed by atoms with van der Waals surface area (Å²) in [6, 6.07) is 2.33. The van der Waals surface area contributed by atoms with E-state index in [1.807, 2.05) is 0 Å². The van der Waals surface area contributed by atoms with Crippen LogP contribution in [0.25, 0.3) is 0 Å². The van der Waals surface area contributed by atoms with Crippen LogP contribution in [0.3, 0.4) is 0 Å². The van der Waals surface area contributed by atoms with Crippen LogP contribution in [0.4, 0.5) is 0 Å². The summed E-state index contributed by atoms with van der Waals surface area (Å²) in [5.41, 5.74) is 5.71. The van der Waals surface area contributed by atoms with Gasteiger partial charge in [-0.3, -0.25) is 9.59 Å². The molecule has 4 heteroatoms. The second-order valence-corrected chi connectivity index (χ2v) is 10.6. The standard InChI is InChI=1S/C27H44O4/c1-19-18-22(14-11-13-17-27(6,7)25(30)31)20(2)21(3)23(19)15-10-8-9-12-16-26(4,5)24(28)29/h18H,8-17H2,1-7H3,(H,28,29)(H,30,31). The predicted molar refractivity (Wildman–Crippen MR) is 128 cm³/mol. The normalized spacial score (nSPS) is 12.2. The highest BCUT2D eigenvalue weighted by molar-refractivity contribution is 5.73. The van der Waals surface area contributed by atoms with Gasteiger partial charge in [-0.2, -0.15) is 0 Å². The lowest BCUT2D eigenvalue weighted by Gasteiger charge is -2.20. The smallest absolute Gasteiger partial charge is 0.309 e. The third-order valence-electron chi connectivity index (χ3n) is 7.00. The minimum absolute atomic E-state index is 0.622. The lowest BCUT2D eigenvalue weighted by molar-refractivity contribution is -0.148. The number of carboxylic acids is 2. The molecule has 0 amide bonds. The van der Waals surface area contributed by atoms with Crippen molar-refractivity contribution in [2.45, 2.75) is 113 Å². The van der Waals surface area contributed by atoms with Crippen molar-refractivity contribution in [1.29, 1.82) is 0 Å². The first-order valence-electron chi connectivity index (χ1n) is 11.8. The maximum Gasteiger partial charge on any atom is 0.309 e. The maximum absolute atomic E-state index is 11.3. The Balaban J connectivity index is 2.53. The van der Waals surface area contributed by atoms with Gasteiger partial charge >= 0.3 is 11.9 Å². The summed E-state index contributed by atoms with van der Waals surface area (Å²) in [6.07, 6.45) is 9.79. The molecular formula is C27H44O4. The van der Waals surface area contributed by atoms with Crippen molar-refractivity contribution in [3.05, 3.63) is 33.9 Å². The molecule has 1 rings (SSSR count). The Bertz CT molecular complexity index is 759. The van der Waals surface area contributed by atoms with Crippen molar-refractivity contribution in [2.24, 2.45) is 10.8 Å². The average Bonchev–Trinajstić information content (AvgIpc) is 2.67. The molecule has 0 spiro atoms. The van der Waals surface area contributed by atoms with E-state index in [0.29, 0.717) is 6.42 Å². The van der Waals surface area contributed by atoms with Crippen LogP contribution in [0.15, 0.2) is 6.07 Å². The zero-order valence-electron chi connectivity index (χ0n) is 20.9. The molecule has 0 aliphatic rings. The fourth-order valence-electron chi connectivity index (χ4n) is 4.18. The van der Waals surface area contributed by atoms with Crippen LogP contribution in [0.1, 0.15) is 107 Å². The average molecular weight is 433 g/mol. The Morgan fingerprint density at radius 1 is 0.710 bits per heavy atom. The number of rotatable bonds is 14. The van der Waals surface area contributed by atoms with Crippen LogP contribution >= 0.6 is 0 Å². The van der Waals surface area contributed by atoms with E-state index in [-0.39, 0.29) is 0 Å². The molecule has 0 aromatic heterocycles. The molecule has 0 saturated heterocycles. The number of aliphatic carboxylic acids is 2. The van der Waals surface area contributed by atoms with Crippen molar-refractivity contribution < 1.29 is 19.8 Å². The van der Waals surface area contributed by atoms with Gasteiger partial charge in [-0.15, -0.1) is 0 Å². The van der Waals surface area contributed by atoms with Gasteiger partial charge in [-0.05, 0) is 115 Å². The van der Waals surface area contributed by atoms with E-state index in [2.05, 4.69) is 26.8 Å². The van der Waals surface area contributed by atoms with E-state index in [1.165, 1.54) is 27.8 Å². The monoisotopic (exact) mass is 432 g/mol. The van der Waals surface area contributed by atoms with Crippen molar-refractivity contribution in [3.63, 3.8) is 0 Å². The van der Waals surface area contributed by atoms with Crippen molar-refractivity contribution >= 4 is 11.9 Å². The fraction of sp³-hybridized carbons (Fsp3) is 0.704. The van der Waals surface area contributed by atoms with E-state index >= 15 is 0 Å². The van der Waals surface area contributed by atoms with E-state index in [0.717, 1.165) is 57.8 Å². The first kappa shape index (κ1) is 27.2. The zero-order valence-corrected chi connectivity index (χ0v) is 20.9. The maximum atomic E-state index is 11.3. The van der Waals surface area contributed by atoms with Gasteiger partial charge in [0.05, 0.1) is 10.8 Å². The SMILES string of the molecule is Cc1cc(CCCCC(C)(C)C(=O)O)c(C)c(C)c1CCCCCCC(C)(C)C(=O)O. The number of carboxylic acid groups (broad SMARTS) is 2. The Morgan fingerprint density at radius 2 is 1.16 bits per heavy atom. The highest BCUT2D eigenvalue weighted by Crippen LogP contribution is 2.28. The number of aryl methyl sites for hydroxylation is 2. The minimum atomic E-state index is -0.717. The highest BCUT2D eigenvalue weighted by atomic mass is 16.4. The molecule has 0 fully saturated rings. The number of unbranched alkanes of at least 4 members (excludes halogenated alkanes) is 4. The van der Waals surface area contributed by atoms with E-state index in [4.69, 9.17) is 0 Å². The Kier molecular flexibility index (Phi) is 10.3. The van der Waals surface area contributed by atoms with E-state index in [1.54, 1.807) is 27.7 Å². The fourth-order valence-corrected chi connectivity index (χ4v) is 4.18. The Hall–Kier alpha value is -1.84. The third-order valence-corrected chi connectivity index (χ3v) is 7.00. The summed E-state index contributed by atoms with van der Waals surface area (Å²) >= 11 is 0. The lowest BCUT2D eigenvalue weighted by Crippen LogP contribution is -2.23. The molecule has 0 heterocycles. The molecular weight excluding hydrogens is 388 g/mol. The Labute approximate surface area is 189 Å². The molecule has 1 aromatic carbocycles. The van der Waals surface area contributed by atoms with Crippen molar-refractivity contribution in [1.82, 2.24) is 0 Å². The van der Waals surface area contributed by atoms with Crippen LogP contribution in [-0.4, -0.2) is 22.2 Å². The third kappa shape index (κ3) is 8.31. The van der Waals surface area contributed by atoms with Crippen LogP contribution in [-0.2, 0) is 22.4 Å². The Morgan fingerprint density at radius 3 is 1.68 bits per heavy atom. The largest absolute Gasteiger partial charge is 0.481 e. The van der Waals surface area contributed by atoms with Crippen LogP contribution in [0, 0.1) is 31.6 Å². The van der Waals surface area contributed by atoms with Crippen LogP contribution in [0.2, 0.25) is 0 Å². The molecule has 31 heavy (non-hydrogen) atoms. The van der Waals surface area contributed by atoms with Crippen LogP contribution in [0.5, 0.6) is 0 Å². The van der Waals surface area contributed by atoms with Gasteiger partial charge in [0.25, 0.3) is 0 Å². The number of benzene rings is 1. The molecule has 0 aliphatic heterocycles. The van der Waals surface area contributed by atoms with Gasteiger partial charge < -0.3 is 10.2 Å². The number of hydrogen-bond donors (Lipinski definition) is 2. The molecule has 0 aliphatic carbocycles. The molecule has 1 aromatic rings. The predicted octanol–water partition coefficient (Wildman–Crippen LogP) is 7.04. The molecule has 0 bridgehead atoms. The first-order chi connectivity index (χ1) is 14.3. The second-order valence-electron chi connectivity index (χ2n) is 10.6. The summed E-state index contributed by atoms with van der Waals surface area (Å²) in [5, 5.41) is 18.5. The van der Waals surface area contributed by atoms with Gasteiger partial charge in [0.2, 0.25) is 0 Å². The van der Waals surface area contributed by atoms with Gasteiger partial charge in [-0.1, -0.05) is 31.7 Å². The first-order valence-corrected chi connectivity index (χ1v) is 11.8. The van der Waals surface area contributed by atoms with Gasteiger partial charge in [0.1, 0.15) is 0 Å². The summed E-state index contributed by atoms with van der Waals surface area (Å²) in [6.45, 7) is 13.9. The molecule has 0 atom stereocenters. The summed E-state index contributed by atoms with van der Waals surface area (Å²) in [5.74, 6) is -1.43. The van der Waals surface area contributed by atoms with Gasteiger partial charge in [0, 0.05) is 0 Å². The second kappa shape index (κ2) is 11.7. The van der Waals surface area contributed by atoms with Crippen molar-refractivity contribution in [2.75, 3.05) is 0 Å². The molecule has 2 N–H and O–H groups in total. The molecule has 0 radical (unpaired) electrons. The molecule has 0 unspecified atom stereocenters. The lowest BCUT2D eigenvalue weighted by atomic mass is 9.85. The quantitative estimate of drug-likeness (QED) is 0.309. The topological polar surface area (TPSA) is 74.6 Å². The molecule has 0 saturated carbocycles. The van der Waals surface area contributed by atoms with E-state index in [9.17, 15) is 19.8 Å². The summed E-state index contributed by atoms with van der Waals surface area (Å²) in [7, 11) is 0. The van der Waals surface area contributed by atoms with Crippen molar-refractivity contribution in [3.8, 4) is 0 Å². The van der Waals surface area contributed by atoms with Gasteiger partial charge in [-0.25, -0.2) is 0 Å². The summed E-state index contributed by atoms with van der Waals surface area (Å²) in [4.78, 5) is 22.4. The van der Waals surface area contributed by atoms with Crippen LogP contribution < -0.4 is 0 Å². The number of carbonyl (C=O) groups is 2. The molecule has 4 nitrogen and oxygen atoms in total. The van der Waals surface area contributed by atoms with Gasteiger partial charge in [0.15, 0.2) is 0 Å². The zero-order chi connectivity index (χ0) is 23.8. The minimum Gasteiger partial charge on any atom is -0.481 e. The summed E-state index contributed by atoms with van der Waals surface area (Å²) < 4.78 is 0. The number of hydrogen-bond acceptors (Lipinski definition) is 2. The molecule has 176 valence electrons. The van der Waals surface area contributed by atoms with E-state index < -0.39 is 22.8 Å².